The second-order valence-electron chi connectivity index (χ2n) is 6.39. The molecule has 14 heavy (non-hydrogen) atoms. The molecule has 0 aromatic carbocycles. The van der Waals surface area contributed by atoms with Crippen molar-refractivity contribution >= 4 is 0 Å². The van der Waals surface area contributed by atoms with Crippen LogP contribution in [-0.4, -0.2) is 28.1 Å². The second kappa shape index (κ2) is 2.96. The van der Waals surface area contributed by atoms with Gasteiger partial charge in [0, 0.05) is 23.2 Å². The minimum atomic E-state index is 0.294. The van der Waals surface area contributed by atoms with Crippen LogP contribution in [0.3, 0.4) is 0 Å². The molecular formula is C12H24N2. The van der Waals surface area contributed by atoms with E-state index < -0.39 is 0 Å². The van der Waals surface area contributed by atoms with E-state index in [1.54, 1.807) is 0 Å². The number of hydrogen-bond acceptors (Lipinski definition) is 2. The maximum absolute atomic E-state index is 6.14. The number of piperidine rings is 1. The Morgan fingerprint density at radius 3 is 1.79 bits per heavy atom. The first-order chi connectivity index (χ1) is 6.33. The molecule has 2 N–H and O–H groups in total. The monoisotopic (exact) mass is 196 g/mol. The zero-order valence-corrected chi connectivity index (χ0v) is 10.0. The third kappa shape index (κ3) is 1.70. The zero-order valence-electron chi connectivity index (χ0n) is 10.0. The van der Waals surface area contributed by atoms with Gasteiger partial charge in [0.1, 0.15) is 0 Å². The van der Waals surface area contributed by atoms with Crippen molar-refractivity contribution in [3.8, 4) is 0 Å². The first kappa shape index (κ1) is 10.4. The highest BCUT2D eigenvalue weighted by Crippen LogP contribution is 2.45. The number of nitrogens with two attached hydrogens (primary N) is 1. The number of rotatable bonds is 1. The number of hydrogen-bond donors (Lipinski definition) is 1. The van der Waals surface area contributed by atoms with E-state index in [1.165, 1.54) is 12.8 Å². The van der Waals surface area contributed by atoms with Gasteiger partial charge in [0.05, 0.1) is 0 Å². The average molecular weight is 196 g/mol. The molecule has 2 rings (SSSR count). The summed E-state index contributed by atoms with van der Waals surface area (Å²) in [4.78, 5) is 2.73. The van der Waals surface area contributed by atoms with Gasteiger partial charge in [-0.3, -0.25) is 4.90 Å². The summed E-state index contributed by atoms with van der Waals surface area (Å²) in [6, 6.07) is 1.22. The Labute approximate surface area is 87.8 Å². The molecule has 0 bridgehead atoms. The molecule has 2 fully saturated rings. The lowest BCUT2D eigenvalue weighted by Crippen LogP contribution is -2.63. The Kier molecular flexibility index (Phi) is 2.20. The lowest BCUT2D eigenvalue weighted by molar-refractivity contribution is -0.0418. The molecule has 1 saturated heterocycles. The van der Waals surface area contributed by atoms with Gasteiger partial charge in [0.15, 0.2) is 0 Å². The van der Waals surface area contributed by atoms with E-state index in [2.05, 4.69) is 32.6 Å². The van der Waals surface area contributed by atoms with Crippen molar-refractivity contribution < 1.29 is 0 Å². The Balaban J connectivity index is 2.23. The molecule has 2 heteroatoms. The smallest absolute Gasteiger partial charge is 0.0176 e. The standard InChI is InChI=1S/C12H24N2/c1-11(2)7-9(13)8-12(3,4)14(11)10-5-6-10/h9-10H,5-8,13H2,1-4H3. The minimum Gasteiger partial charge on any atom is -0.328 e. The normalized spacial score (nSPS) is 33.2. The molecule has 0 amide bonds. The summed E-state index contributed by atoms with van der Waals surface area (Å²) < 4.78 is 0. The Hall–Kier alpha value is -0.0800. The van der Waals surface area contributed by atoms with E-state index >= 15 is 0 Å². The number of nitrogens with zero attached hydrogens (tertiary/aromatic N) is 1. The molecule has 2 nitrogen and oxygen atoms in total. The van der Waals surface area contributed by atoms with Gasteiger partial charge in [-0.15, -0.1) is 0 Å². The summed E-state index contributed by atoms with van der Waals surface area (Å²) in [5.41, 5.74) is 6.73. The zero-order chi connectivity index (χ0) is 10.6. The van der Waals surface area contributed by atoms with Crippen LogP contribution < -0.4 is 5.73 Å². The second-order valence-corrected chi connectivity index (χ2v) is 6.39. The molecule has 1 aliphatic carbocycles. The van der Waals surface area contributed by atoms with E-state index in [0.717, 1.165) is 18.9 Å². The van der Waals surface area contributed by atoms with Crippen molar-refractivity contribution in [2.45, 2.75) is 76.5 Å². The van der Waals surface area contributed by atoms with Crippen LogP contribution in [-0.2, 0) is 0 Å². The van der Waals surface area contributed by atoms with Crippen LogP contribution in [0.2, 0.25) is 0 Å². The maximum atomic E-state index is 6.14. The van der Waals surface area contributed by atoms with Gasteiger partial charge in [0.25, 0.3) is 0 Å². The van der Waals surface area contributed by atoms with Crippen LogP contribution in [0.5, 0.6) is 0 Å². The van der Waals surface area contributed by atoms with Crippen LogP contribution in [0.25, 0.3) is 0 Å². The number of likely N-dealkylation sites (tertiary alicyclic amines) is 1. The fourth-order valence-corrected chi connectivity index (χ4v) is 3.69. The van der Waals surface area contributed by atoms with E-state index in [9.17, 15) is 0 Å². The summed E-state index contributed by atoms with van der Waals surface area (Å²) in [5, 5.41) is 0. The maximum Gasteiger partial charge on any atom is 0.0176 e. The molecule has 1 saturated carbocycles. The van der Waals surface area contributed by atoms with E-state index in [4.69, 9.17) is 5.73 Å². The predicted octanol–water partition coefficient (Wildman–Crippen LogP) is 2.13. The Morgan fingerprint density at radius 1 is 1.00 bits per heavy atom. The van der Waals surface area contributed by atoms with Gasteiger partial charge in [-0.25, -0.2) is 0 Å². The van der Waals surface area contributed by atoms with Crippen LogP contribution in [0, 0.1) is 0 Å². The van der Waals surface area contributed by atoms with Crippen molar-refractivity contribution in [1.29, 1.82) is 0 Å². The van der Waals surface area contributed by atoms with E-state index in [-0.39, 0.29) is 0 Å². The van der Waals surface area contributed by atoms with Gasteiger partial charge in [-0.1, -0.05) is 0 Å². The van der Waals surface area contributed by atoms with Crippen LogP contribution >= 0.6 is 0 Å². The fourth-order valence-electron chi connectivity index (χ4n) is 3.69. The SMILES string of the molecule is CC1(C)CC(N)CC(C)(C)N1C1CC1. The Bertz CT molecular complexity index is 210. The van der Waals surface area contributed by atoms with Crippen molar-refractivity contribution in [1.82, 2.24) is 4.90 Å². The summed E-state index contributed by atoms with van der Waals surface area (Å²) in [6.07, 6.45) is 5.07. The molecule has 1 heterocycles. The van der Waals surface area contributed by atoms with E-state index in [0.29, 0.717) is 17.1 Å². The minimum absolute atomic E-state index is 0.294. The highest BCUT2D eigenvalue weighted by Gasteiger charge is 2.50. The van der Waals surface area contributed by atoms with Crippen LogP contribution in [0.4, 0.5) is 0 Å². The molecule has 82 valence electrons. The van der Waals surface area contributed by atoms with E-state index in [1.807, 2.05) is 0 Å². The Morgan fingerprint density at radius 2 is 1.43 bits per heavy atom. The average Bonchev–Trinajstić information content (AvgIpc) is 2.62. The topological polar surface area (TPSA) is 29.3 Å². The third-order valence-corrected chi connectivity index (χ3v) is 3.74. The van der Waals surface area contributed by atoms with Gasteiger partial charge >= 0.3 is 0 Å². The highest BCUT2D eigenvalue weighted by molar-refractivity contribution is 5.06. The van der Waals surface area contributed by atoms with Crippen molar-refractivity contribution in [3.63, 3.8) is 0 Å². The molecule has 0 radical (unpaired) electrons. The van der Waals surface area contributed by atoms with Crippen LogP contribution in [0.15, 0.2) is 0 Å². The molecule has 0 spiro atoms. The van der Waals surface area contributed by atoms with Crippen molar-refractivity contribution in [3.05, 3.63) is 0 Å². The van der Waals surface area contributed by atoms with Crippen molar-refractivity contribution in [2.75, 3.05) is 0 Å². The van der Waals surface area contributed by atoms with Crippen molar-refractivity contribution in [2.24, 2.45) is 5.73 Å². The first-order valence-corrected chi connectivity index (χ1v) is 5.88. The first-order valence-electron chi connectivity index (χ1n) is 5.88. The third-order valence-electron chi connectivity index (χ3n) is 3.74. The lowest BCUT2D eigenvalue weighted by atomic mass is 9.77. The summed E-state index contributed by atoms with van der Waals surface area (Å²) >= 11 is 0. The lowest BCUT2D eigenvalue weighted by Gasteiger charge is -2.55. The van der Waals surface area contributed by atoms with Gasteiger partial charge in [-0.2, -0.15) is 0 Å². The largest absolute Gasteiger partial charge is 0.328 e. The molecule has 0 unspecified atom stereocenters. The molecule has 0 aromatic rings. The molecule has 0 atom stereocenters. The molecular weight excluding hydrogens is 172 g/mol. The quantitative estimate of drug-likeness (QED) is 0.696. The van der Waals surface area contributed by atoms with Crippen LogP contribution in [0.1, 0.15) is 53.4 Å². The predicted molar refractivity (Wildman–Crippen MR) is 60.2 cm³/mol. The molecule has 2 aliphatic rings. The van der Waals surface area contributed by atoms with Gasteiger partial charge in [0.2, 0.25) is 0 Å². The summed E-state index contributed by atoms with van der Waals surface area (Å²) in [5.74, 6) is 0. The fraction of sp³-hybridized carbons (Fsp3) is 1.00. The van der Waals surface area contributed by atoms with Gasteiger partial charge < -0.3 is 5.73 Å². The summed E-state index contributed by atoms with van der Waals surface area (Å²) in [7, 11) is 0. The summed E-state index contributed by atoms with van der Waals surface area (Å²) in [6.45, 7) is 9.41. The molecule has 1 aliphatic heterocycles. The van der Waals surface area contributed by atoms with Gasteiger partial charge in [-0.05, 0) is 53.4 Å². The highest BCUT2D eigenvalue weighted by atomic mass is 15.3. The molecule has 0 aromatic heterocycles.